The van der Waals surface area contributed by atoms with Crippen LogP contribution < -0.4 is 0 Å². The van der Waals surface area contributed by atoms with Crippen molar-refractivity contribution in [2.24, 2.45) is 65.0 Å². The summed E-state index contributed by atoms with van der Waals surface area (Å²) < 4.78 is 140. The molecule has 4 unspecified atom stereocenters. The third-order valence-corrected chi connectivity index (χ3v) is 39.0. The number of carbonyl (C=O) groups excluding carboxylic acids is 9. The number of rotatable bonds is 28. The van der Waals surface area contributed by atoms with Gasteiger partial charge >= 0.3 is 53.7 Å². The van der Waals surface area contributed by atoms with Gasteiger partial charge in [0.15, 0.2) is 46.0 Å². The fourth-order valence-electron chi connectivity index (χ4n) is 16.1. The monoisotopic (exact) mass is 2030 g/mol. The van der Waals surface area contributed by atoms with E-state index in [2.05, 4.69) is 90.0 Å². The molecule has 26 nitrogen and oxygen atoms in total. The summed E-state index contributed by atoms with van der Waals surface area (Å²) in [6.45, 7) is 71.8. The van der Waals surface area contributed by atoms with Crippen molar-refractivity contribution in [1.82, 2.24) is 0 Å². The van der Waals surface area contributed by atoms with E-state index >= 15 is 0 Å². The lowest BCUT2D eigenvalue weighted by molar-refractivity contribution is -0.192. The minimum Gasteiger partial charge on any atom is -0.461 e. The van der Waals surface area contributed by atoms with Gasteiger partial charge in [-0.2, -0.15) is 0 Å². The molecule has 0 aromatic carbocycles. The maximum atomic E-state index is 12.5. The quantitative estimate of drug-likeness (QED) is 0.0518. The predicted octanol–water partition coefficient (Wildman–Crippen LogP) is 23.8. The van der Waals surface area contributed by atoms with Crippen LogP contribution in [-0.4, -0.2) is 180 Å². The van der Waals surface area contributed by atoms with Crippen LogP contribution in [0.3, 0.4) is 0 Å². The molecule has 804 valence electrons. The normalized spacial score (nSPS) is 22.2. The van der Waals surface area contributed by atoms with Crippen LogP contribution in [0.4, 0.5) is 0 Å². The zero-order valence-electron chi connectivity index (χ0n) is 92.8. The highest BCUT2D eigenvalue weighted by atomic mass is 32.2. The van der Waals surface area contributed by atoms with Crippen LogP contribution in [0.15, 0.2) is 0 Å². The van der Waals surface area contributed by atoms with Crippen molar-refractivity contribution < 1.29 is 119 Å². The van der Waals surface area contributed by atoms with Crippen LogP contribution in [0.2, 0.25) is 0 Å². The van der Waals surface area contributed by atoms with E-state index in [1.54, 1.807) is 41.5 Å². The molecular weight excluding hydrogens is 1830 g/mol. The number of sulfone groups is 4. The summed E-state index contributed by atoms with van der Waals surface area (Å²) in [5.74, 6) is -1.93. The number of hydrogen-bond donors (Lipinski definition) is 0. The fraction of sp³-hybridized carbons (Fsp3) is 0.916. The SMILES string of the molecule is CCC(C)(C)C(=O)OC1(C(C)(C)C)CCCC1.CCC(C)(C)C(=O)OC1(C(C)(C)C)CCCC1.CCC(C)(C)C(=O)OC1(C(C)(C)C)CCCCC1.CCC(C)(C)C(=O)OC1(C(C)(C)CC)CCCCC1.CCC(C)(C)C(=O)OC1CCCCS1(=O)=O.CCC(C)(C)C(=O)OC1CCCS(=O)(=O)C1.CCC(C)(C)C(=O)OC1CCS(=O)(=O)C1.CCC(C)(C)C(=O)OCC(=O)OC1CCS(=O)(=O)C1. The zero-order valence-corrected chi connectivity index (χ0v) is 96.0. The molecule has 4 aliphatic carbocycles. The lowest BCUT2D eigenvalue weighted by Crippen LogP contribution is -2.51. The first kappa shape index (κ1) is 130. The van der Waals surface area contributed by atoms with E-state index in [-0.39, 0.29) is 142 Å². The van der Waals surface area contributed by atoms with Crippen LogP contribution in [0.25, 0.3) is 0 Å². The van der Waals surface area contributed by atoms with Gasteiger partial charge in [0.1, 0.15) is 40.7 Å². The summed E-state index contributed by atoms with van der Waals surface area (Å²) in [4.78, 5) is 108. The van der Waals surface area contributed by atoms with Gasteiger partial charge in [-0.05, 0) is 316 Å². The maximum absolute atomic E-state index is 12.5. The average Bonchev–Trinajstić information content (AvgIpc) is 1.74. The molecule has 0 amide bonds. The Bertz CT molecular complexity index is 4240. The molecule has 0 N–H and O–H groups in total. The Hall–Kier alpha value is -4.97. The lowest BCUT2D eigenvalue weighted by atomic mass is 9.65. The third-order valence-electron chi connectivity index (χ3n) is 31.7. The molecule has 4 saturated carbocycles. The van der Waals surface area contributed by atoms with Crippen LogP contribution >= 0.6 is 0 Å². The van der Waals surface area contributed by atoms with Gasteiger partial charge in [-0.3, -0.25) is 38.4 Å². The molecule has 0 aromatic heterocycles. The molecule has 4 heterocycles. The molecule has 4 aliphatic heterocycles. The summed E-state index contributed by atoms with van der Waals surface area (Å²) in [5, 5.41) is 0. The second-order valence-electron chi connectivity index (χ2n) is 49.0. The van der Waals surface area contributed by atoms with Gasteiger partial charge in [-0.1, -0.05) is 151 Å². The molecular formula is C107H196O26S4. The molecule has 4 saturated heterocycles. The summed E-state index contributed by atoms with van der Waals surface area (Å²) in [6.07, 6.45) is 29.5. The van der Waals surface area contributed by atoms with E-state index in [1.807, 2.05) is 118 Å². The van der Waals surface area contributed by atoms with E-state index in [9.17, 15) is 76.8 Å². The Morgan fingerprint density at radius 2 is 0.496 bits per heavy atom. The van der Waals surface area contributed by atoms with E-state index in [0.717, 1.165) is 89.9 Å². The Morgan fingerprint density at radius 1 is 0.248 bits per heavy atom. The minimum absolute atomic E-state index is 0.0153. The van der Waals surface area contributed by atoms with Crippen LogP contribution in [0.5, 0.6) is 0 Å². The van der Waals surface area contributed by atoms with Gasteiger partial charge in [0.2, 0.25) is 5.44 Å². The average molecular weight is 2030 g/mol. The van der Waals surface area contributed by atoms with Crippen molar-refractivity contribution >= 4 is 93.1 Å². The van der Waals surface area contributed by atoms with Crippen LogP contribution in [-0.2, 0) is 125 Å². The van der Waals surface area contributed by atoms with Crippen molar-refractivity contribution in [3.8, 4) is 0 Å². The minimum atomic E-state index is -3.23. The summed E-state index contributed by atoms with van der Waals surface area (Å²) in [6, 6.07) is 0. The van der Waals surface area contributed by atoms with Crippen LogP contribution in [0.1, 0.15) is 468 Å². The molecule has 30 heteroatoms. The van der Waals surface area contributed by atoms with Gasteiger partial charge in [0, 0.05) is 21.7 Å². The lowest BCUT2D eigenvalue weighted by Gasteiger charge is -2.49. The Balaban J connectivity index is 0.000000784. The summed E-state index contributed by atoms with van der Waals surface area (Å²) >= 11 is 0. The number of carbonyl (C=O) groups is 9. The predicted molar refractivity (Wildman–Crippen MR) is 546 cm³/mol. The molecule has 4 atom stereocenters. The molecule has 137 heavy (non-hydrogen) atoms. The second kappa shape index (κ2) is 52.7. The molecule has 0 radical (unpaired) electrons. The Morgan fingerprint density at radius 3 is 0.759 bits per heavy atom. The smallest absolute Gasteiger partial charge is 0.344 e. The highest BCUT2D eigenvalue weighted by Crippen LogP contribution is 2.52. The van der Waals surface area contributed by atoms with Gasteiger partial charge in [-0.25, -0.2) is 38.5 Å². The molecule has 8 aliphatic rings. The van der Waals surface area contributed by atoms with Crippen molar-refractivity contribution in [3.63, 3.8) is 0 Å². The first-order valence-electron chi connectivity index (χ1n) is 51.9. The van der Waals surface area contributed by atoms with Crippen molar-refractivity contribution in [3.05, 3.63) is 0 Å². The summed E-state index contributed by atoms with van der Waals surface area (Å²) in [7, 11) is -12.3. The van der Waals surface area contributed by atoms with E-state index < -0.39 is 109 Å². The Kier molecular flexibility index (Phi) is 50.0. The fourth-order valence-corrected chi connectivity index (χ4v) is 22.5. The third kappa shape index (κ3) is 40.2. The summed E-state index contributed by atoms with van der Waals surface area (Å²) in [5.41, 5.74) is -5.50. The van der Waals surface area contributed by atoms with Gasteiger partial charge in [-0.15, -0.1) is 0 Å². The molecule has 0 bridgehead atoms. The largest absolute Gasteiger partial charge is 0.461 e. The van der Waals surface area contributed by atoms with Crippen molar-refractivity contribution in [2.75, 3.05) is 46.9 Å². The number of hydrogen-bond acceptors (Lipinski definition) is 26. The Labute approximate surface area is 832 Å². The maximum Gasteiger partial charge on any atom is 0.344 e. The number of esters is 9. The van der Waals surface area contributed by atoms with Gasteiger partial charge < -0.3 is 42.6 Å². The van der Waals surface area contributed by atoms with Crippen molar-refractivity contribution in [1.29, 1.82) is 0 Å². The van der Waals surface area contributed by atoms with Crippen molar-refractivity contribution in [2.45, 2.75) is 514 Å². The molecule has 8 fully saturated rings. The van der Waals surface area contributed by atoms with Gasteiger partial charge in [0.25, 0.3) is 0 Å². The highest BCUT2D eigenvalue weighted by molar-refractivity contribution is 7.92. The first-order chi connectivity index (χ1) is 62.1. The van der Waals surface area contributed by atoms with Crippen LogP contribution in [0, 0.1) is 65.0 Å². The van der Waals surface area contributed by atoms with Gasteiger partial charge in [0.05, 0.1) is 83.6 Å². The first-order valence-corrected chi connectivity index (χ1v) is 59.1. The zero-order chi connectivity index (χ0) is 107. The standard InChI is InChI=1S/C17H32O2.C16H30O2.2C15H28O2.C12H20O6S.2C11H20O4S.C10H18O4S/c1-7-15(3,4)14(18)19-17(16(5,6)8-2)12-10-9-11-13-17;1-7-15(5,6)13(17)18-16(14(2,3)4)11-9-8-10-12-16;2*1-7-14(5,6)12(16)17-15(13(2,3)4)10-8-9-11-15;1-4-12(2,3)11(14)17-7-10(13)18-9-5-6-19(15,16)8-9;1-4-11(2,3)10(12)15-9-6-5-7-16(13,14)8-9;1-4-11(2,3)10(12)15-9-7-5-6-8-16(9,13)14;1-4-10(2,3)9(11)14-8-5-6-15(12,13)7-8/h7-13H2,1-6H3;7-12H2,1-6H3;2*7-11H2,1-6H3;9H,4-8H2,1-3H3;2*9H,4-8H2,1-3H3;8H,4-7H2,1-3H3. The molecule has 8 rings (SSSR count). The second-order valence-corrected chi connectivity index (χ2v) is 57.9. The van der Waals surface area contributed by atoms with E-state index in [0.29, 0.717) is 64.2 Å². The topological polar surface area (TPSA) is 373 Å². The molecule has 0 aromatic rings. The van der Waals surface area contributed by atoms with E-state index in [4.69, 9.17) is 42.6 Å². The van der Waals surface area contributed by atoms with E-state index in [1.165, 1.54) is 64.2 Å². The molecule has 0 spiro atoms. The number of ether oxygens (including phenoxy) is 9. The highest BCUT2D eigenvalue weighted by Gasteiger charge is 2.54.